The molecule has 0 bridgehead atoms. The van der Waals surface area contributed by atoms with E-state index in [4.69, 9.17) is 11.0 Å². The Morgan fingerprint density at radius 3 is 2.95 bits per heavy atom. The molecule has 1 aliphatic carbocycles. The van der Waals surface area contributed by atoms with Crippen molar-refractivity contribution in [1.82, 2.24) is 14.5 Å². The summed E-state index contributed by atoms with van der Waals surface area (Å²) in [6.07, 6.45) is 2.58. The van der Waals surface area contributed by atoms with Gasteiger partial charge in [0.1, 0.15) is 11.6 Å². The quantitative estimate of drug-likeness (QED) is 0.921. The number of imidazole rings is 1. The molecule has 0 amide bonds. The molecule has 1 aromatic heterocycles. The number of likely N-dealkylation sites (N-methyl/N-ethyl adjacent to an activating group) is 1. The van der Waals surface area contributed by atoms with Crippen LogP contribution in [0.2, 0.25) is 0 Å². The number of nitrogens with two attached hydrogens (primary N) is 1. The fraction of sp³-hybridized carbons (Fsp3) is 0.467. The molecule has 5 nitrogen and oxygen atoms in total. The van der Waals surface area contributed by atoms with Gasteiger partial charge in [0, 0.05) is 18.6 Å². The van der Waals surface area contributed by atoms with Gasteiger partial charge in [0.15, 0.2) is 0 Å². The van der Waals surface area contributed by atoms with Crippen LogP contribution in [0.4, 0.5) is 5.95 Å². The van der Waals surface area contributed by atoms with E-state index in [9.17, 15) is 0 Å². The number of para-hydroxylation sites is 1. The third-order valence-electron chi connectivity index (χ3n) is 4.19. The molecule has 1 unspecified atom stereocenters. The number of hydrogen-bond acceptors (Lipinski definition) is 4. The lowest BCUT2D eigenvalue weighted by molar-refractivity contribution is 0.228. The van der Waals surface area contributed by atoms with Gasteiger partial charge in [-0.2, -0.15) is 5.26 Å². The predicted molar refractivity (Wildman–Crippen MR) is 79.1 cm³/mol. The molecule has 20 heavy (non-hydrogen) atoms. The van der Waals surface area contributed by atoms with Crippen LogP contribution >= 0.6 is 0 Å². The summed E-state index contributed by atoms with van der Waals surface area (Å²) in [6.45, 7) is 3.00. The number of nitrogens with zero attached hydrogens (tertiary/aromatic N) is 4. The van der Waals surface area contributed by atoms with Crippen LogP contribution in [0.25, 0.3) is 11.0 Å². The lowest BCUT2D eigenvalue weighted by Gasteiger charge is -2.25. The summed E-state index contributed by atoms with van der Waals surface area (Å²) in [5.74, 6) is 0.485. The number of aromatic nitrogens is 2. The Kier molecular flexibility index (Phi) is 3.11. The van der Waals surface area contributed by atoms with Crippen molar-refractivity contribution >= 4 is 17.0 Å². The minimum absolute atomic E-state index is 0.396. The van der Waals surface area contributed by atoms with Crippen LogP contribution in [0.5, 0.6) is 0 Å². The maximum atomic E-state index is 9.14. The molecule has 0 saturated heterocycles. The van der Waals surface area contributed by atoms with Gasteiger partial charge < -0.3 is 10.3 Å². The van der Waals surface area contributed by atoms with Gasteiger partial charge in [-0.15, -0.1) is 0 Å². The van der Waals surface area contributed by atoms with Crippen LogP contribution < -0.4 is 5.73 Å². The van der Waals surface area contributed by atoms with E-state index in [1.54, 1.807) is 6.07 Å². The van der Waals surface area contributed by atoms with E-state index in [0.717, 1.165) is 18.1 Å². The first-order valence-corrected chi connectivity index (χ1v) is 6.98. The Hall–Kier alpha value is -2.06. The van der Waals surface area contributed by atoms with E-state index in [-0.39, 0.29) is 0 Å². The molecule has 1 aromatic carbocycles. The Morgan fingerprint density at radius 1 is 1.55 bits per heavy atom. The number of nitrogen functional groups attached to an aromatic ring is 1. The van der Waals surface area contributed by atoms with E-state index in [0.29, 0.717) is 23.1 Å². The summed E-state index contributed by atoms with van der Waals surface area (Å²) in [7, 11) is 2.17. The van der Waals surface area contributed by atoms with Crippen LogP contribution in [0.3, 0.4) is 0 Å². The van der Waals surface area contributed by atoms with Crippen molar-refractivity contribution in [3.63, 3.8) is 0 Å². The molecule has 0 radical (unpaired) electrons. The molecule has 1 saturated carbocycles. The van der Waals surface area contributed by atoms with Crippen LogP contribution in [-0.4, -0.2) is 33.6 Å². The second kappa shape index (κ2) is 4.80. The van der Waals surface area contributed by atoms with Gasteiger partial charge in [0.05, 0.1) is 11.1 Å². The predicted octanol–water partition coefficient (Wildman–Crippen LogP) is 1.97. The minimum Gasteiger partial charge on any atom is -0.369 e. The monoisotopic (exact) mass is 269 g/mol. The maximum Gasteiger partial charge on any atom is 0.201 e. The average molecular weight is 269 g/mol. The summed E-state index contributed by atoms with van der Waals surface area (Å²) in [5.41, 5.74) is 8.27. The van der Waals surface area contributed by atoms with E-state index >= 15 is 0 Å². The highest BCUT2D eigenvalue weighted by Gasteiger charge is 2.29. The maximum absolute atomic E-state index is 9.14. The van der Waals surface area contributed by atoms with Crippen LogP contribution in [0.1, 0.15) is 25.3 Å². The number of anilines is 1. The summed E-state index contributed by atoms with van der Waals surface area (Å²) >= 11 is 0. The number of fused-ring (bicyclic) bond motifs is 1. The second-order valence-electron chi connectivity index (χ2n) is 5.61. The Balaban J connectivity index is 1.95. The molecule has 3 rings (SSSR count). The SMILES string of the molecule is CC(Cn1c(N)nc2c(C#N)cccc21)N(C)C1CC1. The van der Waals surface area contributed by atoms with Crippen molar-refractivity contribution in [2.24, 2.45) is 0 Å². The van der Waals surface area contributed by atoms with E-state index in [1.807, 2.05) is 16.7 Å². The second-order valence-corrected chi connectivity index (χ2v) is 5.61. The Morgan fingerprint density at radius 2 is 2.30 bits per heavy atom. The number of hydrogen-bond donors (Lipinski definition) is 1. The third-order valence-corrected chi connectivity index (χ3v) is 4.19. The van der Waals surface area contributed by atoms with Crippen molar-refractivity contribution in [2.45, 2.75) is 38.4 Å². The molecule has 0 aliphatic heterocycles. The largest absolute Gasteiger partial charge is 0.369 e. The standard InChI is InChI=1S/C15H19N5/c1-10(19(2)12-6-7-12)9-20-13-5-3-4-11(8-16)14(13)18-15(20)17/h3-5,10,12H,6-7,9H2,1-2H3,(H2,17,18). The topological polar surface area (TPSA) is 70.9 Å². The molecular formula is C15H19N5. The van der Waals surface area contributed by atoms with Crippen molar-refractivity contribution < 1.29 is 0 Å². The molecule has 2 aromatic rings. The molecule has 2 N–H and O–H groups in total. The number of nitriles is 1. The first-order chi connectivity index (χ1) is 9.61. The van der Waals surface area contributed by atoms with Crippen LogP contribution in [0.15, 0.2) is 18.2 Å². The van der Waals surface area contributed by atoms with Gasteiger partial charge in [-0.25, -0.2) is 4.98 Å². The summed E-state index contributed by atoms with van der Waals surface area (Å²) in [5, 5.41) is 9.14. The molecule has 1 atom stereocenters. The zero-order valence-electron chi connectivity index (χ0n) is 11.9. The summed E-state index contributed by atoms with van der Waals surface area (Å²) in [6, 6.07) is 8.92. The molecule has 1 aliphatic rings. The summed E-state index contributed by atoms with van der Waals surface area (Å²) < 4.78 is 2.01. The van der Waals surface area contributed by atoms with E-state index in [2.05, 4.69) is 29.9 Å². The average Bonchev–Trinajstić information content (AvgIpc) is 3.24. The van der Waals surface area contributed by atoms with Crippen LogP contribution in [0, 0.1) is 11.3 Å². The van der Waals surface area contributed by atoms with Crippen molar-refractivity contribution in [3.8, 4) is 6.07 Å². The van der Waals surface area contributed by atoms with Gasteiger partial charge >= 0.3 is 0 Å². The van der Waals surface area contributed by atoms with E-state index in [1.165, 1.54) is 12.8 Å². The normalized spacial score (nSPS) is 16.5. The Labute approximate surface area is 118 Å². The van der Waals surface area contributed by atoms with Gasteiger partial charge in [-0.05, 0) is 38.9 Å². The smallest absolute Gasteiger partial charge is 0.201 e. The zero-order valence-corrected chi connectivity index (χ0v) is 11.9. The van der Waals surface area contributed by atoms with Crippen molar-refractivity contribution in [3.05, 3.63) is 23.8 Å². The highest BCUT2D eigenvalue weighted by atomic mass is 15.2. The highest BCUT2D eigenvalue weighted by Crippen LogP contribution is 2.28. The lowest BCUT2D eigenvalue weighted by Crippen LogP contribution is -2.34. The number of rotatable bonds is 4. The van der Waals surface area contributed by atoms with Gasteiger partial charge in [0.2, 0.25) is 5.95 Å². The zero-order chi connectivity index (χ0) is 14.3. The Bertz CT molecular complexity index is 677. The molecule has 0 spiro atoms. The summed E-state index contributed by atoms with van der Waals surface area (Å²) in [4.78, 5) is 6.76. The van der Waals surface area contributed by atoms with Crippen molar-refractivity contribution in [1.29, 1.82) is 5.26 Å². The molecule has 104 valence electrons. The molecular weight excluding hydrogens is 250 g/mol. The van der Waals surface area contributed by atoms with Crippen molar-refractivity contribution in [2.75, 3.05) is 12.8 Å². The first-order valence-electron chi connectivity index (χ1n) is 6.98. The van der Waals surface area contributed by atoms with Crippen LogP contribution in [-0.2, 0) is 6.54 Å². The first kappa shape index (κ1) is 12.9. The number of benzene rings is 1. The van der Waals surface area contributed by atoms with E-state index < -0.39 is 0 Å². The molecule has 5 heteroatoms. The fourth-order valence-electron chi connectivity index (χ4n) is 2.68. The van der Waals surface area contributed by atoms with Gasteiger partial charge in [0.25, 0.3) is 0 Å². The fourth-order valence-corrected chi connectivity index (χ4v) is 2.68. The minimum atomic E-state index is 0.396. The molecule has 1 heterocycles. The lowest BCUT2D eigenvalue weighted by atomic mass is 10.2. The highest BCUT2D eigenvalue weighted by molar-refractivity contribution is 5.83. The van der Waals surface area contributed by atoms with Gasteiger partial charge in [-0.1, -0.05) is 6.07 Å². The van der Waals surface area contributed by atoms with Gasteiger partial charge in [-0.3, -0.25) is 4.90 Å². The third kappa shape index (κ3) is 2.12. The molecule has 1 fully saturated rings.